The fourth-order valence-corrected chi connectivity index (χ4v) is 2.32. The molecule has 0 aliphatic carbocycles. The lowest BCUT2D eigenvalue weighted by atomic mass is 9.87. The van der Waals surface area contributed by atoms with Crippen LogP contribution in [0.2, 0.25) is 0 Å². The average molecular weight is 283 g/mol. The van der Waals surface area contributed by atoms with Crippen LogP contribution >= 0.6 is 0 Å². The van der Waals surface area contributed by atoms with Crippen molar-refractivity contribution in [2.45, 2.75) is 32.6 Å². The minimum atomic E-state index is -0.227. The van der Waals surface area contributed by atoms with Crippen LogP contribution in [0.4, 0.5) is 4.39 Å². The van der Waals surface area contributed by atoms with Crippen molar-refractivity contribution in [3.63, 3.8) is 0 Å². The molecule has 0 unspecified atom stereocenters. The van der Waals surface area contributed by atoms with Gasteiger partial charge >= 0.3 is 0 Å². The van der Waals surface area contributed by atoms with Crippen molar-refractivity contribution >= 4 is 11.1 Å². The van der Waals surface area contributed by atoms with E-state index in [2.05, 4.69) is 31.8 Å². The molecule has 3 aromatic rings. The highest BCUT2D eigenvalue weighted by Crippen LogP contribution is 2.27. The summed E-state index contributed by atoms with van der Waals surface area (Å²) in [5, 5.41) is 0. The number of benzene rings is 2. The Labute approximate surface area is 123 Å². The molecule has 108 valence electrons. The van der Waals surface area contributed by atoms with Crippen LogP contribution in [0, 0.1) is 5.82 Å². The van der Waals surface area contributed by atoms with E-state index in [4.69, 9.17) is 4.42 Å². The van der Waals surface area contributed by atoms with Crippen LogP contribution in [0.3, 0.4) is 0 Å². The van der Waals surface area contributed by atoms with Gasteiger partial charge in [0, 0.05) is 0 Å². The summed E-state index contributed by atoms with van der Waals surface area (Å²) in [5.41, 5.74) is 3.45. The van der Waals surface area contributed by atoms with Gasteiger partial charge in [0.2, 0.25) is 0 Å². The maximum absolute atomic E-state index is 13.7. The predicted octanol–water partition coefficient (Wildman–Crippen LogP) is 4.86. The Bertz CT molecular complexity index is 783. The lowest BCUT2D eigenvalue weighted by molar-refractivity contribution is 0.534. The Morgan fingerprint density at radius 3 is 2.57 bits per heavy atom. The zero-order valence-corrected chi connectivity index (χ0v) is 12.5. The van der Waals surface area contributed by atoms with Gasteiger partial charge in [0.15, 0.2) is 11.5 Å². The minimum absolute atomic E-state index is 0.0683. The Morgan fingerprint density at radius 2 is 1.86 bits per heavy atom. The summed E-state index contributed by atoms with van der Waals surface area (Å²) in [7, 11) is 0. The van der Waals surface area contributed by atoms with Crippen LogP contribution in [0.1, 0.15) is 37.8 Å². The SMILES string of the molecule is CC(C)(C)c1ccc2oc(Cc3ccccc3F)nc2c1. The van der Waals surface area contributed by atoms with Crippen LogP contribution < -0.4 is 0 Å². The van der Waals surface area contributed by atoms with Gasteiger partial charge < -0.3 is 4.42 Å². The van der Waals surface area contributed by atoms with Crippen molar-refractivity contribution < 1.29 is 8.81 Å². The van der Waals surface area contributed by atoms with Gasteiger partial charge in [-0.1, -0.05) is 45.0 Å². The van der Waals surface area contributed by atoms with Gasteiger partial charge in [0.05, 0.1) is 6.42 Å². The van der Waals surface area contributed by atoms with Crippen molar-refractivity contribution in [2.24, 2.45) is 0 Å². The number of hydrogen-bond acceptors (Lipinski definition) is 2. The molecule has 0 bridgehead atoms. The van der Waals surface area contributed by atoms with Crippen LogP contribution in [0.5, 0.6) is 0 Å². The normalized spacial score (nSPS) is 12.0. The standard InChI is InChI=1S/C18H18FNO/c1-18(2,3)13-8-9-16-15(11-13)20-17(21-16)10-12-6-4-5-7-14(12)19/h4-9,11H,10H2,1-3H3. The molecule has 0 amide bonds. The zero-order valence-electron chi connectivity index (χ0n) is 12.5. The van der Waals surface area contributed by atoms with Crippen molar-refractivity contribution in [1.82, 2.24) is 4.98 Å². The molecule has 0 fully saturated rings. The topological polar surface area (TPSA) is 26.0 Å². The maximum atomic E-state index is 13.7. The summed E-state index contributed by atoms with van der Waals surface area (Å²) in [6.45, 7) is 6.48. The molecular formula is C18H18FNO. The molecule has 0 aliphatic heterocycles. The lowest BCUT2D eigenvalue weighted by Crippen LogP contribution is -2.10. The van der Waals surface area contributed by atoms with Crippen LogP contribution in [0.15, 0.2) is 46.9 Å². The van der Waals surface area contributed by atoms with Crippen molar-refractivity contribution in [3.05, 3.63) is 65.3 Å². The van der Waals surface area contributed by atoms with Crippen molar-refractivity contribution in [3.8, 4) is 0 Å². The largest absolute Gasteiger partial charge is 0.440 e. The molecule has 2 nitrogen and oxygen atoms in total. The number of oxazole rings is 1. The molecular weight excluding hydrogens is 265 g/mol. The number of nitrogens with zero attached hydrogens (tertiary/aromatic N) is 1. The lowest BCUT2D eigenvalue weighted by Gasteiger charge is -2.18. The smallest absolute Gasteiger partial charge is 0.200 e. The quantitative estimate of drug-likeness (QED) is 0.671. The Balaban J connectivity index is 1.96. The molecule has 1 aromatic heterocycles. The Kier molecular flexibility index (Phi) is 3.28. The fourth-order valence-electron chi connectivity index (χ4n) is 2.32. The van der Waals surface area contributed by atoms with Gasteiger partial charge in [-0.05, 0) is 34.7 Å². The van der Waals surface area contributed by atoms with Gasteiger partial charge in [0.1, 0.15) is 11.3 Å². The molecule has 0 aliphatic rings. The summed E-state index contributed by atoms with van der Waals surface area (Å²) in [5.74, 6) is 0.316. The molecule has 0 atom stereocenters. The van der Waals surface area contributed by atoms with Crippen LogP contribution in [-0.2, 0) is 11.8 Å². The number of halogens is 1. The highest BCUT2D eigenvalue weighted by molar-refractivity contribution is 5.73. The molecule has 0 N–H and O–H groups in total. The highest BCUT2D eigenvalue weighted by Gasteiger charge is 2.16. The predicted molar refractivity (Wildman–Crippen MR) is 81.9 cm³/mol. The molecule has 2 aromatic carbocycles. The Hall–Kier alpha value is -2.16. The summed E-state index contributed by atoms with van der Waals surface area (Å²) < 4.78 is 19.4. The van der Waals surface area contributed by atoms with E-state index in [1.807, 2.05) is 18.2 Å². The monoisotopic (exact) mass is 283 g/mol. The van der Waals surface area contributed by atoms with E-state index in [1.54, 1.807) is 12.1 Å². The second-order valence-electron chi connectivity index (χ2n) is 6.31. The van der Waals surface area contributed by atoms with Gasteiger partial charge in [-0.25, -0.2) is 9.37 Å². The second kappa shape index (κ2) is 4.99. The molecule has 1 heterocycles. The third-order valence-corrected chi connectivity index (χ3v) is 3.60. The van der Waals surface area contributed by atoms with E-state index in [-0.39, 0.29) is 11.2 Å². The molecule has 3 rings (SSSR count). The first kappa shape index (κ1) is 13.8. The van der Waals surface area contributed by atoms with E-state index in [9.17, 15) is 4.39 Å². The number of rotatable bonds is 2. The maximum Gasteiger partial charge on any atom is 0.200 e. The van der Waals surface area contributed by atoms with Gasteiger partial charge in [-0.3, -0.25) is 0 Å². The van der Waals surface area contributed by atoms with Crippen LogP contribution in [-0.4, -0.2) is 4.98 Å². The number of aromatic nitrogens is 1. The third-order valence-electron chi connectivity index (χ3n) is 3.60. The summed E-state index contributed by atoms with van der Waals surface area (Å²) in [6, 6.07) is 12.7. The van der Waals surface area contributed by atoms with E-state index >= 15 is 0 Å². The first-order chi connectivity index (χ1) is 9.93. The molecule has 0 saturated heterocycles. The van der Waals surface area contributed by atoms with E-state index in [0.717, 1.165) is 11.1 Å². The fraction of sp³-hybridized carbons (Fsp3) is 0.278. The highest BCUT2D eigenvalue weighted by atomic mass is 19.1. The van der Waals surface area contributed by atoms with Crippen molar-refractivity contribution in [1.29, 1.82) is 0 Å². The Morgan fingerprint density at radius 1 is 1.10 bits per heavy atom. The first-order valence-electron chi connectivity index (χ1n) is 7.07. The molecule has 21 heavy (non-hydrogen) atoms. The number of hydrogen-bond donors (Lipinski definition) is 0. The van der Waals surface area contributed by atoms with Gasteiger partial charge in [-0.15, -0.1) is 0 Å². The molecule has 0 saturated carbocycles. The van der Waals surface area contributed by atoms with E-state index in [0.29, 0.717) is 17.9 Å². The molecule has 0 spiro atoms. The minimum Gasteiger partial charge on any atom is -0.440 e. The van der Waals surface area contributed by atoms with Crippen LogP contribution in [0.25, 0.3) is 11.1 Å². The van der Waals surface area contributed by atoms with Gasteiger partial charge in [-0.2, -0.15) is 0 Å². The van der Waals surface area contributed by atoms with Gasteiger partial charge in [0.25, 0.3) is 0 Å². The van der Waals surface area contributed by atoms with E-state index in [1.165, 1.54) is 11.6 Å². The first-order valence-corrected chi connectivity index (χ1v) is 7.07. The summed E-state index contributed by atoms with van der Waals surface area (Å²) in [4.78, 5) is 4.49. The van der Waals surface area contributed by atoms with E-state index < -0.39 is 0 Å². The van der Waals surface area contributed by atoms with Crippen molar-refractivity contribution in [2.75, 3.05) is 0 Å². The second-order valence-corrected chi connectivity index (χ2v) is 6.31. The summed E-state index contributed by atoms with van der Waals surface area (Å²) >= 11 is 0. The average Bonchev–Trinajstić information content (AvgIpc) is 2.81. The third kappa shape index (κ3) is 2.82. The summed E-state index contributed by atoms with van der Waals surface area (Å²) in [6.07, 6.45) is 0.367. The molecule has 0 radical (unpaired) electrons. The number of fused-ring (bicyclic) bond motifs is 1. The molecule has 3 heteroatoms. The zero-order chi connectivity index (χ0) is 15.0.